The number of methoxy groups -OCH3 is 1. The monoisotopic (exact) mass is 303 g/mol. The number of carbonyl (C=O) groups is 1. The van der Waals surface area contributed by atoms with Gasteiger partial charge in [-0.2, -0.15) is 0 Å². The third-order valence-corrected chi connectivity index (χ3v) is 3.75. The van der Waals surface area contributed by atoms with E-state index >= 15 is 0 Å². The van der Waals surface area contributed by atoms with Crippen LogP contribution in [0.1, 0.15) is 17.3 Å². The standard InChI is InChI=1S/C20H17NO2/c1-14(22)19-18(15-8-10-17(23-2)11-9-15)12-13-21-20(19)16-6-4-3-5-7-16/h3-13H,1-2H3. The summed E-state index contributed by atoms with van der Waals surface area (Å²) in [6.07, 6.45) is 1.74. The summed E-state index contributed by atoms with van der Waals surface area (Å²) in [5.74, 6) is 0.790. The summed E-state index contributed by atoms with van der Waals surface area (Å²) < 4.78 is 5.20. The molecule has 0 spiro atoms. The molecule has 0 saturated carbocycles. The van der Waals surface area contributed by atoms with Gasteiger partial charge in [0.15, 0.2) is 5.78 Å². The van der Waals surface area contributed by atoms with Crippen LogP contribution >= 0.6 is 0 Å². The number of ketones is 1. The number of nitrogens with zero attached hydrogens (tertiary/aromatic N) is 1. The van der Waals surface area contributed by atoms with E-state index in [0.717, 1.165) is 22.4 Å². The van der Waals surface area contributed by atoms with Crippen molar-refractivity contribution in [3.8, 4) is 28.1 Å². The molecule has 2 aromatic carbocycles. The molecule has 3 heteroatoms. The van der Waals surface area contributed by atoms with Crippen molar-refractivity contribution in [2.75, 3.05) is 7.11 Å². The molecule has 1 aromatic heterocycles. The van der Waals surface area contributed by atoms with Crippen molar-refractivity contribution in [3.63, 3.8) is 0 Å². The van der Waals surface area contributed by atoms with E-state index in [4.69, 9.17) is 4.74 Å². The van der Waals surface area contributed by atoms with Crippen LogP contribution in [0.3, 0.4) is 0 Å². The minimum atomic E-state index is 0.00257. The number of benzene rings is 2. The molecule has 0 atom stereocenters. The lowest BCUT2D eigenvalue weighted by atomic mass is 9.94. The fourth-order valence-corrected chi connectivity index (χ4v) is 2.64. The minimum absolute atomic E-state index is 0.00257. The Morgan fingerprint density at radius 1 is 0.913 bits per heavy atom. The smallest absolute Gasteiger partial charge is 0.162 e. The second kappa shape index (κ2) is 6.44. The van der Waals surface area contributed by atoms with Gasteiger partial charge >= 0.3 is 0 Å². The van der Waals surface area contributed by atoms with Crippen molar-refractivity contribution in [3.05, 3.63) is 72.4 Å². The van der Waals surface area contributed by atoms with Crippen LogP contribution in [0.25, 0.3) is 22.4 Å². The number of aromatic nitrogens is 1. The van der Waals surface area contributed by atoms with Crippen molar-refractivity contribution in [1.29, 1.82) is 0 Å². The van der Waals surface area contributed by atoms with Gasteiger partial charge in [0.2, 0.25) is 0 Å². The fourth-order valence-electron chi connectivity index (χ4n) is 2.64. The molecule has 3 aromatic rings. The molecule has 0 amide bonds. The van der Waals surface area contributed by atoms with Gasteiger partial charge < -0.3 is 4.74 Å². The Morgan fingerprint density at radius 2 is 1.61 bits per heavy atom. The Labute approximate surface area is 135 Å². The Hall–Kier alpha value is -2.94. The highest BCUT2D eigenvalue weighted by Crippen LogP contribution is 2.31. The van der Waals surface area contributed by atoms with Crippen LogP contribution < -0.4 is 4.74 Å². The second-order valence-electron chi connectivity index (χ2n) is 5.23. The van der Waals surface area contributed by atoms with Crippen LogP contribution in [0, 0.1) is 0 Å². The maximum Gasteiger partial charge on any atom is 0.162 e. The molecule has 0 fully saturated rings. The van der Waals surface area contributed by atoms with Crippen molar-refractivity contribution >= 4 is 5.78 Å². The SMILES string of the molecule is COc1ccc(-c2ccnc(-c3ccccc3)c2C(C)=O)cc1. The van der Waals surface area contributed by atoms with Crippen LogP contribution in [0.15, 0.2) is 66.9 Å². The first-order chi connectivity index (χ1) is 11.2. The topological polar surface area (TPSA) is 39.2 Å². The van der Waals surface area contributed by atoms with Gasteiger partial charge in [0.1, 0.15) is 5.75 Å². The van der Waals surface area contributed by atoms with Crippen LogP contribution in [0.5, 0.6) is 5.75 Å². The molecule has 1 heterocycles. The second-order valence-corrected chi connectivity index (χ2v) is 5.23. The lowest BCUT2D eigenvalue weighted by Crippen LogP contribution is -2.02. The average Bonchev–Trinajstić information content (AvgIpc) is 2.62. The zero-order chi connectivity index (χ0) is 16.2. The van der Waals surface area contributed by atoms with E-state index in [2.05, 4.69) is 4.98 Å². The summed E-state index contributed by atoms with van der Waals surface area (Å²) in [6.45, 7) is 1.58. The molecule has 23 heavy (non-hydrogen) atoms. The van der Waals surface area contributed by atoms with E-state index in [9.17, 15) is 4.79 Å². The predicted molar refractivity (Wildman–Crippen MR) is 91.7 cm³/mol. The maximum absolute atomic E-state index is 12.3. The molecule has 0 N–H and O–H groups in total. The van der Waals surface area contributed by atoms with Crippen molar-refractivity contribution in [1.82, 2.24) is 4.98 Å². The quantitative estimate of drug-likeness (QED) is 0.660. The predicted octanol–water partition coefficient (Wildman–Crippen LogP) is 4.63. The molecule has 0 saturated heterocycles. The summed E-state index contributed by atoms with van der Waals surface area (Å²) in [5, 5.41) is 0. The van der Waals surface area contributed by atoms with Gasteiger partial charge in [-0.05, 0) is 36.2 Å². The van der Waals surface area contributed by atoms with E-state index in [1.54, 1.807) is 20.2 Å². The number of Topliss-reactive ketones (excluding diaryl/α,β-unsaturated/α-hetero) is 1. The lowest BCUT2D eigenvalue weighted by Gasteiger charge is -2.12. The lowest BCUT2D eigenvalue weighted by molar-refractivity contribution is 0.101. The highest BCUT2D eigenvalue weighted by molar-refractivity contribution is 6.05. The molecule has 3 nitrogen and oxygen atoms in total. The van der Waals surface area contributed by atoms with Crippen molar-refractivity contribution < 1.29 is 9.53 Å². The molecule has 0 aliphatic heterocycles. The minimum Gasteiger partial charge on any atom is -0.497 e. The summed E-state index contributed by atoms with van der Waals surface area (Å²) in [6, 6.07) is 19.3. The Morgan fingerprint density at radius 3 is 2.22 bits per heavy atom. The summed E-state index contributed by atoms with van der Waals surface area (Å²) in [7, 11) is 1.63. The molecular formula is C20H17NO2. The van der Waals surface area contributed by atoms with Crippen LogP contribution in [-0.4, -0.2) is 17.9 Å². The maximum atomic E-state index is 12.3. The van der Waals surface area contributed by atoms with Gasteiger partial charge in [-0.1, -0.05) is 42.5 Å². The normalized spacial score (nSPS) is 10.3. The van der Waals surface area contributed by atoms with E-state index in [1.165, 1.54) is 0 Å². The van der Waals surface area contributed by atoms with Crippen LogP contribution in [0.2, 0.25) is 0 Å². The molecular weight excluding hydrogens is 286 g/mol. The number of ether oxygens (including phenoxy) is 1. The average molecular weight is 303 g/mol. The molecule has 0 bridgehead atoms. The molecule has 3 rings (SSSR count). The van der Waals surface area contributed by atoms with Gasteiger partial charge in [-0.3, -0.25) is 9.78 Å². The molecule has 0 radical (unpaired) electrons. The summed E-state index contributed by atoms with van der Waals surface area (Å²) in [5.41, 5.74) is 4.15. The third kappa shape index (κ3) is 2.99. The van der Waals surface area contributed by atoms with Gasteiger partial charge in [0.05, 0.1) is 18.4 Å². The first kappa shape index (κ1) is 15.0. The third-order valence-electron chi connectivity index (χ3n) is 3.75. The Kier molecular flexibility index (Phi) is 4.20. The fraction of sp³-hybridized carbons (Fsp3) is 0.100. The highest BCUT2D eigenvalue weighted by atomic mass is 16.5. The first-order valence-electron chi connectivity index (χ1n) is 7.40. The van der Waals surface area contributed by atoms with Crippen LogP contribution in [0.4, 0.5) is 0 Å². The highest BCUT2D eigenvalue weighted by Gasteiger charge is 2.16. The molecule has 114 valence electrons. The zero-order valence-electron chi connectivity index (χ0n) is 13.1. The van der Waals surface area contributed by atoms with E-state index in [0.29, 0.717) is 11.3 Å². The zero-order valence-corrected chi connectivity index (χ0v) is 13.1. The van der Waals surface area contributed by atoms with Gasteiger partial charge in [-0.15, -0.1) is 0 Å². The number of hydrogen-bond donors (Lipinski definition) is 0. The number of rotatable bonds is 4. The first-order valence-corrected chi connectivity index (χ1v) is 7.40. The molecule has 0 unspecified atom stereocenters. The van der Waals surface area contributed by atoms with Crippen LogP contribution in [-0.2, 0) is 0 Å². The van der Waals surface area contributed by atoms with E-state index < -0.39 is 0 Å². The molecule has 0 aliphatic carbocycles. The van der Waals surface area contributed by atoms with E-state index in [1.807, 2.05) is 60.7 Å². The summed E-state index contributed by atoms with van der Waals surface area (Å²) in [4.78, 5) is 16.7. The number of pyridine rings is 1. The molecule has 0 aliphatic rings. The van der Waals surface area contributed by atoms with Crippen molar-refractivity contribution in [2.45, 2.75) is 6.92 Å². The number of hydrogen-bond acceptors (Lipinski definition) is 3. The van der Waals surface area contributed by atoms with Crippen molar-refractivity contribution in [2.24, 2.45) is 0 Å². The van der Waals surface area contributed by atoms with Gasteiger partial charge in [-0.25, -0.2) is 0 Å². The number of carbonyl (C=O) groups excluding carboxylic acids is 1. The Balaban J connectivity index is 2.19. The summed E-state index contributed by atoms with van der Waals surface area (Å²) >= 11 is 0. The van der Waals surface area contributed by atoms with E-state index in [-0.39, 0.29) is 5.78 Å². The van der Waals surface area contributed by atoms with Gasteiger partial charge in [0, 0.05) is 11.8 Å². The van der Waals surface area contributed by atoms with Gasteiger partial charge in [0.25, 0.3) is 0 Å². The Bertz CT molecular complexity index is 824. The largest absolute Gasteiger partial charge is 0.497 e.